The number of nitro benzene ring substituents is 1. The van der Waals surface area contributed by atoms with Crippen LogP contribution in [0.2, 0.25) is 0 Å². The van der Waals surface area contributed by atoms with Crippen molar-refractivity contribution in [1.82, 2.24) is 5.32 Å². The average molecular weight is 403 g/mol. The van der Waals surface area contributed by atoms with Gasteiger partial charge in [-0.3, -0.25) is 14.9 Å². The van der Waals surface area contributed by atoms with E-state index in [9.17, 15) is 19.7 Å². The Hall–Kier alpha value is -3.82. The number of amides is 1. The monoisotopic (exact) mass is 403 g/mol. The van der Waals surface area contributed by atoms with Crippen molar-refractivity contribution in [2.24, 2.45) is 0 Å². The first-order valence-corrected chi connectivity index (χ1v) is 8.50. The first-order chi connectivity index (χ1) is 13.8. The van der Waals surface area contributed by atoms with E-state index in [0.29, 0.717) is 11.5 Å². The summed E-state index contributed by atoms with van der Waals surface area (Å²) in [5.74, 6) is -0.406. The molecule has 0 bridgehead atoms. The molecule has 0 aliphatic carbocycles. The van der Waals surface area contributed by atoms with Gasteiger partial charge in [0.2, 0.25) is 0 Å². The number of nitrogens with zero attached hydrogens (tertiary/aromatic N) is 1. The Morgan fingerprint density at radius 1 is 1.14 bits per heavy atom. The quantitative estimate of drug-likeness (QED) is 0.295. The molecule has 0 saturated heterocycles. The first kappa shape index (κ1) is 21.5. The van der Waals surface area contributed by atoms with Crippen molar-refractivity contribution in [2.45, 2.75) is 19.6 Å². The third-order valence-corrected chi connectivity index (χ3v) is 4.04. The second-order valence-corrected chi connectivity index (χ2v) is 5.98. The van der Waals surface area contributed by atoms with Gasteiger partial charge in [0.1, 0.15) is 0 Å². The molecule has 0 heterocycles. The van der Waals surface area contributed by atoms with Gasteiger partial charge in [0.15, 0.2) is 17.6 Å². The molecule has 3 N–H and O–H groups in total. The molecule has 1 amide bonds. The van der Waals surface area contributed by atoms with E-state index in [0.717, 1.165) is 11.6 Å². The number of nitrogens with two attached hydrogens (primary N) is 1. The summed E-state index contributed by atoms with van der Waals surface area (Å²) in [5.41, 5.74) is 5.95. The summed E-state index contributed by atoms with van der Waals surface area (Å²) in [4.78, 5) is 34.7. The zero-order valence-corrected chi connectivity index (χ0v) is 16.1. The zero-order chi connectivity index (χ0) is 21.6. The lowest BCUT2D eigenvalue weighted by Crippen LogP contribution is -2.35. The Balaban J connectivity index is 2.00. The molecule has 154 valence electrons. The van der Waals surface area contributed by atoms with E-state index in [2.05, 4.69) is 5.32 Å². The number of ether oxygens (including phenoxy) is 3. The van der Waals surface area contributed by atoms with Gasteiger partial charge >= 0.3 is 5.97 Å². The topological polar surface area (TPSA) is 143 Å². The minimum Gasteiger partial charge on any atom is -0.493 e. The molecule has 1 atom stereocenters. The standard InChI is InChI=1S/C19H21N3O7/c1-11(29-19(24)14-9-13(22(25)26)5-6-15(14)20)18(23)21-10-12-4-7-16(27-2)17(8-12)28-3/h4-9,11H,10,20H2,1-3H3,(H,21,23). The Morgan fingerprint density at radius 2 is 1.83 bits per heavy atom. The fourth-order valence-electron chi connectivity index (χ4n) is 2.44. The molecule has 0 aromatic heterocycles. The molecule has 1 unspecified atom stereocenters. The Kier molecular flexibility index (Phi) is 6.96. The number of benzene rings is 2. The zero-order valence-electron chi connectivity index (χ0n) is 16.1. The number of nitro groups is 1. The molecule has 0 fully saturated rings. The number of carbonyl (C=O) groups is 2. The van der Waals surface area contributed by atoms with Crippen molar-refractivity contribution in [1.29, 1.82) is 0 Å². The van der Waals surface area contributed by atoms with Gasteiger partial charge in [-0.15, -0.1) is 0 Å². The van der Waals surface area contributed by atoms with Crippen LogP contribution < -0.4 is 20.5 Å². The highest BCUT2D eigenvalue weighted by Gasteiger charge is 2.22. The highest BCUT2D eigenvalue weighted by molar-refractivity contribution is 5.97. The number of nitrogen functional groups attached to an aromatic ring is 1. The van der Waals surface area contributed by atoms with Gasteiger partial charge in [-0.05, 0) is 30.7 Å². The summed E-state index contributed by atoms with van der Waals surface area (Å²) < 4.78 is 15.4. The van der Waals surface area contributed by atoms with Crippen LogP contribution in [-0.4, -0.2) is 37.1 Å². The van der Waals surface area contributed by atoms with Gasteiger partial charge in [-0.1, -0.05) is 6.07 Å². The molecular formula is C19H21N3O7. The number of methoxy groups -OCH3 is 2. The van der Waals surface area contributed by atoms with E-state index in [1.165, 1.54) is 33.3 Å². The summed E-state index contributed by atoms with van der Waals surface area (Å²) >= 11 is 0. The van der Waals surface area contributed by atoms with E-state index in [1.54, 1.807) is 18.2 Å². The lowest BCUT2D eigenvalue weighted by Gasteiger charge is -2.15. The Bertz CT molecular complexity index is 930. The van der Waals surface area contributed by atoms with Crippen LogP contribution in [0.5, 0.6) is 11.5 Å². The summed E-state index contributed by atoms with van der Waals surface area (Å²) in [6, 6.07) is 8.57. The van der Waals surface area contributed by atoms with E-state index in [-0.39, 0.29) is 23.5 Å². The van der Waals surface area contributed by atoms with Crippen molar-refractivity contribution < 1.29 is 28.7 Å². The van der Waals surface area contributed by atoms with Crippen molar-refractivity contribution >= 4 is 23.3 Å². The third kappa shape index (κ3) is 5.34. The SMILES string of the molecule is COc1ccc(CNC(=O)C(C)OC(=O)c2cc([N+](=O)[O-])ccc2N)cc1OC. The number of non-ortho nitro benzene ring substituents is 1. The van der Waals surface area contributed by atoms with Gasteiger partial charge in [-0.2, -0.15) is 0 Å². The normalized spacial score (nSPS) is 11.3. The number of nitrogens with one attached hydrogen (secondary N) is 1. The number of rotatable bonds is 8. The number of hydrogen-bond donors (Lipinski definition) is 2. The fourth-order valence-corrected chi connectivity index (χ4v) is 2.44. The summed E-state index contributed by atoms with van der Waals surface area (Å²) in [6.07, 6.45) is -1.14. The van der Waals surface area contributed by atoms with E-state index < -0.39 is 22.9 Å². The van der Waals surface area contributed by atoms with Crippen LogP contribution in [0.25, 0.3) is 0 Å². The minimum atomic E-state index is -1.14. The van der Waals surface area contributed by atoms with Crippen molar-refractivity contribution in [3.05, 3.63) is 57.6 Å². The third-order valence-electron chi connectivity index (χ3n) is 4.04. The maximum Gasteiger partial charge on any atom is 0.341 e. The van der Waals surface area contributed by atoms with Gasteiger partial charge in [-0.25, -0.2) is 4.79 Å². The van der Waals surface area contributed by atoms with Crippen LogP contribution in [0.15, 0.2) is 36.4 Å². The maximum atomic E-state index is 12.2. The van der Waals surface area contributed by atoms with Crippen molar-refractivity contribution in [3.8, 4) is 11.5 Å². The van der Waals surface area contributed by atoms with E-state index in [4.69, 9.17) is 19.9 Å². The Labute approximate surface area is 166 Å². The average Bonchev–Trinajstić information content (AvgIpc) is 2.71. The summed E-state index contributed by atoms with van der Waals surface area (Å²) in [7, 11) is 3.02. The highest BCUT2D eigenvalue weighted by atomic mass is 16.6. The molecule has 0 spiro atoms. The molecule has 2 aromatic carbocycles. The van der Waals surface area contributed by atoms with Crippen LogP contribution in [0.3, 0.4) is 0 Å². The van der Waals surface area contributed by atoms with Crippen molar-refractivity contribution in [2.75, 3.05) is 20.0 Å². The van der Waals surface area contributed by atoms with Crippen LogP contribution in [-0.2, 0) is 16.1 Å². The molecule has 2 aromatic rings. The second kappa shape index (κ2) is 9.40. The largest absolute Gasteiger partial charge is 0.493 e. The van der Waals surface area contributed by atoms with Crippen LogP contribution in [0.1, 0.15) is 22.8 Å². The first-order valence-electron chi connectivity index (χ1n) is 8.50. The van der Waals surface area contributed by atoms with Gasteiger partial charge in [0, 0.05) is 24.4 Å². The van der Waals surface area contributed by atoms with Gasteiger partial charge in [0.05, 0.1) is 24.7 Å². The molecule has 2 rings (SSSR count). The van der Waals surface area contributed by atoms with E-state index >= 15 is 0 Å². The number of anilines is 1. The number of esters is 1. The molecule has 0 radical (unpaired) electrons. The molecule has 29 heavy (non-hydrogen) atoms. The van der Waals surface area contributed by atoms with Gasteiger partial charge < -0.3 is 25.3 Å². The Morgan fingerprint density at radius 3 is 2.45 bits per heavy atom. The predicted octanol–water partition coefficient (Wildman–Crippen LogP) is 2.06. The lowest BCUT2D eigenvalue weighted by molar-refractivity contribution is -0.384. The highest BCUT2D eigenvalue weighted by Crippen LogP contribution is 2.27. The summed E-state index contributed by atoms with van der Waals surface area (Å²) in [6.45, 7) is 1.55. The smallest absolute Gasteiger partial charge is 0.341 e. The number of hydrogen-bond acceptors (Lipinski definition) is 8. The number of carbonyl (C=O) groups excluding carboxylic acids is 2. The van der Waals surface area contributed by atoms with Gasteiger partial charge in [0.25, 0.3) is 11.6 Å². The lowest BCUT2D eigenvalue weighted by atomic mass is 10.1. The molecule has 0 aliphatic rings. The fraction of sp³-hybridized carbons (Fsp3) is 0.263. The van der Waals surface area contributed by atoms with Crippen LogP contribution >= 0.6 is 0 Å². The van der Waals surface area contributed by atoms with Crippen LogP contribution in [0.4, 0.5) is 11.4 Å². The minimum absolute atomic E-state index is 0.0125. The second-order valence-electron chi connectivity index (χ2n) is 5.98. The van der Waals surface area contributed by atoms with Crippen LogP contribution in [0, 0.1) is 10.1 Å². The summed E-state index contributed by atoms with van der Waals surface area (Å²) in [5, 5.41) is 13.5. The predicted molar refractivity (Wildman–Crippen MR) is 104 cm³/mol. The molecule has 10 nitrogen and oxygen atoms in total. The van der Waals surface area contributed by atoms with E-state index in [1.807, 2.05) is 0 Å². The molecule has 10 heteroatoms. The maximum absolute atomic E-state index is 12.2. The molecule has 0 saturated carbocycles. The molecular weight excluding hydrogens is 382 g/mol. The van der Waals surface area contributed by atoms with Crippen molar-refractivity contribution in [3.63, 3.8) is 0 Å². The molecule has 0 aliphatic heterocycles.